The number of aromatic nitrogens is 1. The number of fused-ring (bicyclic) bond motifs is 1. The van der Waals surface area contributed by atoms with E-state index in [2.05, 4.69) is 15.2 Å². The Labute approximate surface area is 142 Å². The van der Waals surface area contributed by atoms with Gasteiger partial charge in [0, 0.05) is 19.1 Å². The van der Waals surface area contributed by atoms with Gasteiger partial charge in [0.15, 0.2) is 5.58 Å². The van der Waals surface area contributed by atoms with E-state index in [0.29, 0.717) is 18.6 Å². The number of amides is 1. The first-order valence-electron chi connectivity index (χ1n) is 9.20. The first-order chi connectivity index (χ1) is 11.8. The topological polar surface area (TPSA) is 58.4 Å². The summed E-state index contributed by atoms with van der Waals surface area (Å²) in [4.78, 5) is 19.3. The summed E-state index contributed by atoms with van der Waals surface area (Å²) >= 11 is 0. The molecule has 24 heavy (non-hydrogen) atoms. The minimum Gasteiger partial charge on any atom is -0.423 e. The number of nitrogens with one attached hydrogen (secondary N) is 1. The van der Waals surface area contributed by atoms with Gasteiger partial charge in [-0.2, -0.15) is 4.98 Å². The van der Waals surface area contributed by atoms with Gasteiger partial charge >= 0.3 is 0 Å². The van der Waals surface area contributed by atoms with Crippen molar-refractivity contribution in [2.75, 3.05) is 18.0 Å². The normalized spacial score (nSPS) is 22.7. The standard InChI is InChI=1S/C19H25N3O2/c23-18(20-15-8-2-1-3-9-15)14-7-6-12-22(13-14)19-21-16-10-4-5-11-17(16)24-19/h4-5,10-11,14-15H,1-3,6-9,12-13H2,(H,20,23)/t14-/m0/s1. The molecule has 0 radical (unpaired) electrons. The number of hydrogen-bond donors (Lipinski definition) is 1. The van der Waals surface area contributed by atoms with Gasteiger partial charge < -0.3 is 14.6 Å². The number of anilines is 1. The average Bonchev–Trinajstić information content (AvgIpc) is 3.07. The quantitative estimate of drug-likeness (QED) is 0.937. The van der Waals surface area contributed by atoms with Crippen LogP contribution in [0.15, 0.2) is 28.7 Å². The van der Waals surface area contributed by atoms with Crippen molar-refractivity contribution in [1.29, 1.82) is 0 Å². The summed E-state index contributed by atoms with van der Waals surface area (Å²) in [7, 11) is 0. The molecule has 1 saturated heterocycles. The highest BCUT2D eigenvalue weighted by Gasteiger charge is 2.29. The lowest BCUT2D eigenvalue weighted by Gasteiger charge is -2.32. The highest BCUT2D eigenvalue weighted by atomic mass is 16.4. The summed E-state index contributed by atoms with van der Waals surface area (Å²) in [5.74, 6) is 0.249. The van der Waals surface area contributed by atoms with Crippen molar-refractivity contribution < 1.29 is 9.21 Å². The van der Waals surface area contributed by atoms with Gasteiger partial charge in [0.25, 0.3) is 6.01 Å². The van der Waals surface area contributed by atoms with Gasteiger partial charge in [-0.15, -0.1) is 0 Å². The minimum atomic E-state index is 0.0377. The smallest absolute Gasteiger partial charge is 0.298 e. The molecule has 2 aromatic rings. The minimum absolute atomic E-state index is 0.0377. The molecular weight excluding hydrogens is 302 g/mol. The Morgan fingerprint density at radius 3 is 2.79 bits per heavy atom. The molecule has 1 aromatic carbocycles. The first-order valence-corrected chi connectivity index (χ1v) is 9.20. The van der Waals surface area contributed by atoms with Crippen molar-refractivity contribution in [1.82, 2.24) is 10.3 Å². The number of nitrogens with zero attached hydrogens (tertiary/aromatic N) is 2. The number of oxazole rings is 1. The maximum Gasteiger partial charge on any atom is 0.298 e. The number of benzene rings is 1. The molecule has 0 spiro atoms. The maximum atomic E-state index is 12.6. The van der Waals surface area contributed by atoms with Gasteiger partial charge in [0.05, 0.1) is 5.92 Å². The van der Waals surface area contributed by atoms with Crippen LogP contribution in [0.1, 0.15) is 44.9 Å². The van der Waals surface area contributed by atoms with E-state index in [-0.39, 0.29) is 11.8 Å². The molecule has 0 bridgehead atoms. The van der Waals surface area contributed by atoms with Crippen LogP contribution in [-0.2, 0) is 4.79 Å². The predicted octanol–water partition coefficient (Wildman–Crippen LogP) is 3.49. The van der Waals surface area contributed by atoms with Crippen LogP contribution < -0.4 is 10.2 Å². The lowest BCUT2D eigenvalue weighted by molar-refractivity contribution is -0.126. The highest BCUT2D eigenvalue weighted by Crippen LogP contribution is 2.27. The van der Waals surface area contributed by atoms with Crippen molar-refractivity contribution >= 4 is 23.0 Å². The van der Waals surface area contributed by atoms with Crippen LogP contribution in [0.5, 0.6) is 0 Å². The molecule has 1 amide bonds. The Morgan fingerprint density at radius 1 is 1.12 bits per heavy atom. The largest absolute Gasteiger partial charge is 0.423 e. The van der Waals surface area contributed by atoms with Crippen LogP contribution in [0, 0.1) is 5.92 Å². The van der Waals surface area contributed by atoms with Crippen molar-refractivity contribution in [2.45, 2.75) is 51.0 Å². The monoisotopic (exact) mass is 327 g/mol. The van der Waals surface area contributed by atoms with Crippen LogP contribution in [0.2, 0.25) is 0 Å². The Kier molecular flexibility index (Phi) is 4.41. The fourth-order valence-corrected chi connectivity index (χ4v) is 3.93. The van der Waals surface area contributed by atoms with E-state index < -0.39 is 0 Å². The maximum absolute atomic E-state index is 12.6. The zero-order valence-corrected chi connectivity index (χ0v) is 14.0. The Balaban J connectivity index is 1.42. The Bertz CT molecular complexity index is 672. The van der Waals surface area contributed by atoms with E-state index >= 15 is 0 Å². The first kappa shape index (κ1) is 15.5. The fourth-order valence-electron chi connectivity index (χ4n) is 3.93. The lowest BCUT2D eigenvalue weighted by Crippen LogP contribution is -2.46. The molecule has 2 fully saturated rings. The second kappa shape index (κ2) is 6.83. The molecule has 2 heterocycles. The molecule has 0 unspecified atom stereocenters. The third kappa shape index (κ3) is 3.25. The van der Waals surface area contributed by atoms with Gasteiger partial charge in [0.2, 0.25) is 5.91 Å². The summed E-state index contributed by atoms with van der Waals surface area (Å²) < 4.78 is 5.87. The van der Waals surface area contributed by atoms with Gasteiger partial charge in [0.1, 0.15) is 5.52 Å². The SMILES string of the molecule is O=C(NC1CCCCC1)[C@H]1CCCN(c2nc3ccccc3o2)C1. The van der Waals surface area contributed by atoms with E-state index in [1.165, 1.54) is 19.3 Å². The number of carbonyl (C=O) groups is 1. The van der Waals surface area contributed by atoms with Crippen molar-refractivity contribution in [3.05, 3.63) is 24.3 Å². The molecular formula is C19H25N3O2. The van der Waals surface area contributed by atoms with Crippen molar-refractivity contribution in [3.8, 4) is 0 Å². The van der Waals surface area contributed by atoms with Crippen molar-refractivity contribution in [3.63, 3.8) is 0 Å². The molecule has 1 aromatic heterocycles. The third-order valence-electron chi connectivity index (χ3n) is 5.30. The second-order valence-electron chi connectivity index (χ2n) is 7.09. The van der Waals surface area contributed by atoms with Crippen LogP contribution in [-0.4, -0.2) is 30.0 Å². The Hall–Kier alpha value is -2.04. The molecule has 5 nitrogen and oxygen atoms in total. The summed E-state index contributed by atoms with van der Waals surface area (Å²) in [6.07, 6.45) is 8.01. The van der Waals surface area contributed by atoms with E-state index in [1.807, 2.05) is 24.3 Å². The third-order valence-corrected chi connectivity index (χ3v) is 5.30. The summed E-state index contributed by atoms with van der Waals surface area (Å²) in [5, 5.41) is 3.27. The number of piperidine rings is 1. The number of hydrogen-bond acceptors (Lipinski definition) is 4. The molecule has 5 heteroatoms. The summed E-state index contributed by atoms with van der Waals surface area (Å²) in [5.41, 5.74) is 1.68. The predicted molar refractivity (Wildman–Crippen MR) is 94.0 cm³/mol. The zero-order valence-electron chi connectivity index (χ0n) is 14.0. The summed E-state index contributed by atoms with van der Waals surface area (Å²) in [6.45, 7) is 1.60. The molecule has 1 atom stereocenters. The molecule has 2 aliphatic rings. The van der Waals surface area contributed by atoms with E-state index in [4.69, 9.17) is 4.42 Å². The van der Waals surface area contributed by atoms with Gasteiger partial charge in [-0.1, -0.05) is 31.4 Å². The zero-order chi connectivity index (χ0) is 16.4. The van der Waals surface area contributed by atoms with Gasteiger partial charge in [-0.05, 0) is 37.8 Å². The van der Waals surface area contributed by atoms with Crippen molar-refractivity contribution in [2.24, 2.45) is 5.92 Å². The van der Waals surface area contributed by atoms with E-state index in [0.717, 1.165) is 43.3 Å². The number of para-hydroxylation sites is 2. The van der Waals surface area contributed by atoms with E-state index in [1.54, 1.807) is 0 Å². The molecule has 1 aliphatic carbocycles. The lowest BCUT2D eigenvalue weighted by atomic mass is 9.93. The van der Waals surface area contributed by atoms with Crippen LogP contribution in [0.4, 0.5) is 6.01 Å². The van der Waals surface area contributed by atoms with Gasteiger partial charge in [-0.25, -0.2) is 0 Å². The molecule has 1 N–H and O–H groups in total. The summed E-state index contributed by atoms with van der Waals surface area (Å²) in [6, 6.07) is 8.83. The fraction of sp³-hybridized carbons (Fsp3) is 0.579. The van der Waals surface area contributed by atoms with Crippen LogP contribution >= 0.6 is 0 Å². The van der Waals surface area contributed by atoms with Crippen LogP contribution in [0.3, 0.4) is 0 Å². The van der Waals surface area contributed by atoms with Crippen LogP contribution in [0.25, 0.3) is 11.1 Å². The molecule has 1 saturated carbocycles. The van der Waals surface area contributed by atoms with E-state index in [9.17, 15) is 4.79 Å². The molecule has 128 valence electrons. The average molecular weight is 327 g/mol. The molecule has 1 aliphatic heterocycles. The van der Waals surface area contributed by atoms with Gasteiger partial charge in [-0.3, -0.25) is 4.79 Å². The highest BCUT2D eigenvalue weighted by molar-refractivity contribution is 5.80. The number of rotatable bonds is 3. The second-order valence-corrected chi connectivity index (χ2v) is 7.09. The Morgan fingerprint density at radius 2 is 1.96 bits per heavy atom. The number of carbonyl (C=O) groups excluding carboxylic acids is 1. The molecule has 4 rings (SSSR count).